The molecule has 0 aromatic heterocycles. The second-order valence-corrected chi connectivity index (χ2v) is 7.49. The Morgan fingerprint density at radius 1 is 1.22 bits per heavy atom. The molecule has 1 aliphatic rings. The van der Waals surface area contributed by atoms with Gasteiger partial charge in [-0.25, -0.2) is 0 Å². The second-order valence-electron chi connectivity index (χ2n) is 7.49. The van der Waals surface area contributed by atoms with Gasteiger partial charge in [0.1, 0.15) is 0 Å². The van der Waals surface area contributed by atoms with Crippen LogP contribution in [0.4, 0.5) is 5.69 Å². The van der Waals surface area contributed by atoms with E-state index < -0.39 is 0 Å². The summed E-state index contributed by atoms with van der Waals surface area (Å²) in [4.78, 5) is 2.61. The molecule has 0 amide bonds. The number of nitrogens with zero attached hydrogens (tertiary/aromatic N) is 1. The summed E-state index contributed by atoms with van der Waals surface area (Å²) in [6.07, 6.45) is 1.22. The molecule has 100 valence electrons. The molecule has 1 heterocycles. The highest BCUT2D eigenvalue weighted by Crippen LogP contribution is 2.46. The third kappa shape index (κ3) is 2.15. The Bertz CT molecular complexity index is 451. The number of hydrogen-bond donors (Lipinski definition) is 0. The van der Waals surface area contributed by atoms with Gasteiger partial charge in [-0.3, -0.25) is 0 Å². The molecule has 1 aliphatic heterocycles. The molecule has 0 spiro atoms. The largest absolute Gasteiger partial charge is 0.361 e. The maximum atomic E-state index is 2.61. The van der Waals surface area contributed by atoms with Gasteiger partial charge in [-0.05, 0) is 71.1 Å². The van der Waals surface area contributed by atoms with Crippen LogP contribution in [0.2, 0.25) is 0 Å². The average molecular weight is 245 g/mol. The van der Waals surface area contributed by atoms with Crippen LogP contribution in [-0.2, 0) is 0 Å². The van der Waals surface area contributed by atoms with Gasteiger partial charge < -0.3 is 4.90 Å². The van der Waals surface area contributed by atoms with Crippen molar-refractivity contribution < 1.29 is 0 Å². The summed E-state index contributed by atoms with van der Waals surface area (Å²) in [7, 11) is 0. The Labute approximate surface area is 112 Å². The molecule has 1 atom stereocenters. The minimum absolute atomic E-state index is 0.159. The van der Waals surface area contributed by atoms with Gasteiger partial charge in [-0.15, -0.1) is 0 Å². The molecule has 1 nitrogen and oxygen atoms in total. The Hall–Kier alpha value is -0.980. The van der Waals surface area contributed by atoms with E-state index in [1.807, 2.05) is 0 Å². The normalized spacial score (nSPS) is 22.8. The van der Waals surface area contributed by atoms with Crippen LogP contribution in [0.25, 0.3) is 0 Å². The Kier molecular flexibility index (Phi) is 3.00. The molecule has 0 fully saturated rings. The monoisotopic (exact) mass is 245 g/mol. The standard InChI is InChI=1S/C17H27N/c1-12-8-9-14-13(2)11-17(6,7)18(15(14)10-12)16(3,4)5/h8-10,13H,11H2,1-7H3. The van der Waals surface area contributed by atoms with Crippen LogP contribution in [0.1, 0.15) is 65.0 Å². The maximum absolute atomic E-state index is 2.61. The van der Waals surface area contributed by atoms with Crippen molar-refractivity contribution in [3.8, 4) is 0 Å². The lowest BCUT2D eigenvalue weighted by molar-refractivity contribution is 0.307. The fourth-order valence-electron chi connectivity index (χ4n) is 3.81. The zero-order chi connectivity index (χ0) is 13.7. The minimum atomic E-state index is 0.159. The maximum Gasteiger partial charge on any atom is 0.0412 e. The van der Waals surface area contributed by atoms with Gasteiger partial charge in [0.15, 0.2) is 0 Å². The minimum Gasteiger partial charge on any atom is -0.361 e. The van der Waals surface area contributed by atoms with E-state index in [1.54, 1.807) is 0 Å². The van der Waals surface area contributed by atoms with E-state index in [-0.39, 0.29) is 11.1 Å². The van der Waals surface area contributed by atoms with Gasteiger partial charge in [0.2, 0.25) is 0 Å². The fourth-order valence-corrected chi connectivity index (χ4v) is 3.81. The summed E-state index contributed by atoms with van der Waals surface area (Å²) in [5.41, 5.74) is 4.68. The quantitative estimate of drug-likeness (QED) is 0.629. The first-order chi connectivity index (χ1) is 8.13. The zero-order valence-corrected chi connectivity index (χ0v) is 13.0. The van der Waals surface area contributed by atoms with Crippen molar-refractivity contribution >= 4 is 5.69 Å². The van der Waals surface area contributed by atoms with Crippen LogP contribution < -0.4 is 4.90 Å². The number of benzene rings is 1. The number of hydrogen-bond acceptors (Lipinski definition) is 1. The molecule has 18 heavy (non-hydrogen) atoms. The molecule has 1 unspecified atom stereocenters. The van der Waals surface area contributed by atoms with Crippen LogP contribution in [-0.4, -0.2) is 11.1 Å². The van der Waals surface area contributed by atoms with Gasteiger partial charge in [-0.1, -0.05) is 19.1 Å². The van der Waals surface area contributed by atoms with Crippen molar-refractivity contribution in [3.63, 3.8) is 0 Å². The van der Waals surface area contributed by atoms with Crippen molar-refractivity contribution in [2.24, 2.45) is 0 Å². The molecule has 1 aromatic carbocycles. The van der Waals surface area contributed by atoms with Crippen molar-refractivity contribution in [2.75, 3.05) is 4.90 Å². The van der Waals surface area contributed by atoms with E-state index in [9.17, 15) is 0 Å². The summed E-state index contributed by atoms with van der Waals surface area (Å²) in [6.45, 7) is 16.2. The topological polar surface area (TPSA) is 3.24 Å². The number of rotatable bonds is 0. The second kappa shape index (κ2) is 4.01. The molecule has 0 bridgehead atoms. The lowest BCUT2D eigenvalue weighted by Crippen LogP contribution is -2.57. The van der Waals surface area contributed by atoms with Gasteiger partial charge >= 0.3 is 0 Å². The van der Waals surface area contributed by atoms with E-state index >= 15 is 0 Å². The highest BCUT2D eigenvalue weighted by atomic mass is 15.3. The van der Waals surface area contributed by atoms with Crippen LogP contribution in [0, 0.1) is 6.92 Å². The third-order valence-electron chi connectivity index (χ3n) is 4.04. The zero-order valence-electron chi connectivity index (χ0n) is 13.0. The Balaban J connectivity index is 2.64. The smallest absolute Gasteiger partial charge is 0.0412 e. The summed E-state index contributed by atoms with van der Waals surface area (Å²) >= 11 is 0. The molecule has 0 aliphatic carbocycles. The fraction of sp³-hybridized carbons (Fsp3) is 0.647. The highest BCUT2D eigenvalue weighted by Gasteiger charge is 2.41. The van der Waals surface area contributed by atoms with Crippen LogP contribution in [0.5, 0.6) is 0 Å². The average Bonchev–Trinajstić information content (AvgIpc) is 2.12. The summed E-state index contributed by atoms with van der Waals surface area (Å²) in [6, 6.07) is 6.93. The van der Waals surface area contributed by atoms with Gasteiger partial charge in [0.05, 0.1) is 0 Å². The predicted molar refractivity (Wildman–Crippen MR) is 80.5 cm³/mol. The molecule has 0 saturated heterocycles. The van der Waals surface area contributed by atoms with Crippen molar-refractivity contribution in [3.05, 3.63) is 29.3 Å². The lowest BCUT2D eigenvalue weighted by Gasteiger charge is -2.54. The van der Waals surface area contributed by atoms with E-state index in [1.165, 1.54) is 23.2 Å². The van der Waals surface area contributed by atoms with Crippen molar-refractivity contribution in [1.82, 2.24) is 0 Å². The van der Waals surface area contributed by atoms with Crippen LogP contribution >= 0.6 is 0 Å². The van der Waals surface area contributed by atoms with E-state index in [2.05, 4.69) is 71.6 Å². The Morgan fingerprint density at radius 2 is 1.83 bits per heavy atom. The molecule has 1 heteroatoms. The molecule has 0 radical (unpaired) electrons. The SMILES string of the molecule is Cc1ccc2c(c1)N(C(C)(C)C)C(C)(C)CC2C. The third-order valence-corrected chi connectivity index (χ3v) is 4.04. The first kappa shape index (κ1) is 13.5. The molecule has 2 rings (SSSR count). The van der Waals surface area contributed by atoms with E-state index in [0.717, 1.165) is 0 Å². The summed E-state index contributed by atoms with van der Waals surface area (Å²) < 4.78 is 0. The van der Waals surface area contributed by atoms with Crippen molar-refractivity contribution in [1.29, 1.82) is 0 Å². The molecule has 0 saturated carbocycles. The van der Waals surface area contributed by atoms with E-state index in [4.69, 9.17) is 0 Å². The number of aryl methyl sites for hydroxylation is 1. The molecular weight excluding hydrogens is 218 g/mol. The Morgan fingerprint density at radius 3 is 2.39 bits per heavy atom. The summed E-state index contributed by atoms with van der Waals surface area (Å²) in [5.74, 6) is 0.647. The van der Waals surface area contributed by atoms with Crippen molar-refractivity contribution in [2.45, 2.75) is 71.9 Å². The first-order valence-corrected chi connectivity index (χ1v) is 7.04. The van der Waals surface area contributed by atoms with Gasteiger partial charge in [-0.2, -0.15) is 0 Å². The molecular formula is C17H27N. The summed E-state index contributed by atoms with van der Waals surface area (Å²) in [5, 5.41) is 0. The lowest BCUT2D eigenvalue weighted by atomic mass is 9.77. The predicted octanol–water partition coefficient (Wildman–Crippen LogP) is 4.89. The van der Waals surface area contributed by atoms with E-state index in [0.29, 0.717) is 5.92 Å². The van der Waals surface area contributed by atoms with Crippen LogP contribution in [0.3, 0.4) is 0 Å². The number of fused-ring (bicyclic) bond motifs is 1. The van der Waals surface area contributed by atoms with Gasteiger partial charge in [0, 0.05) is 16.8 Å². The highest BCUT2D eigenvalue weighted by molar-refractivity contribution is 5.62. The number of anilines is 1. The molecule has 1 aromatic rings. The first-order valence-electron chi connectivity index (χ1n) is 7.04. The van der Waals surface area contributed by atoms with Crippen LogP contribution in [0.15, 0.2) is 18.2 Å². The van der Waals surface area contributed by atoms with Gasteiger partial charge in [0.25, 0.3) is 0 Å². The molecule has 0 N–H and O–H groups in total.